The topological polar surface area (TPSA) is 84.9 Å². The Hall–Kier alpha value is -3.48. The zero-order valence-corrected chi connectivity index (χ0v) is 15.4. The first-order chi connectivity index (χ1) is 13.1. The molecule has 7 nitrogen and oxygen atoms in total. The lowest BCUT2D eigenvalue weighted by Crippen LogP contribution is -2.17. The Morgan fingerprint density at radius 3 is 2.70 bits per heavy atom. The maximum absolute atomic E-state index is 12.3. The number of aromatic nitrogens is 1. The second kappa shape index (κ2) is 8.27. The van der Waals surface area contributed by atoms with Gasteiger partial charge in [-0.3, -0.25) is 4.79 Å². The number of hydrazone groups is 1. The summed E-state index contributed by atoms with van der Waals surface area (Å²) in [4.78, 5) is 15.3. The highest BCUT2D eigenvalue weighted by molar-refractivity contribution is 5.98. The maximum Gasteiger partial charge on any atom is 0.287 e. The number of rotatable bonds is 7. The van der Waals surface area contributed by atoms with E-state index in [9.17, 15) is 4.79 Å². The predicted octanol–water partition coefficient (Wildman–Crippen LogP) is 3.35. The summed E-state index contributed by atoms with van der Waals surface area (Å²) < 4.78 is 16.0. The lowest BCUT2D eigenvalue weighted by molar-refractivity contribution is 0.0951. The monoisotopic (exact) mass is 367 g/mol. The summed E-state index contributed by atoms with van der Waals surface area (Å²) >= 11 is 0. The predicted molar refractivity (Wildman–Crippen MR) is 104 cm³/mol. The van der Waals surface area contributed by atoms with Gasteiger partial charge in [0, 0.05) is 17.0 Å². The van der Waals surface area contributed by atoms with E-state index in [1.807, 2.05) is 31.2 Å². The molecule has 2 aromatic carbocycles. The number of methoxy groups -OCH3 is 2. The van der Waals surface area contributed by atoms with Crippen molar-refractivity contribution in [3.63, 3.8) is 0 Å². The molecule has 0 saturated carbocycles. The van der Waals surface area contributed by atoms with Gasteiger partial charge in [0.05, 0.1) is 27.0 Å². The van der Waals surface area contributed by atoms with Gasteiger partial charge >= 0.3 is 0 Å². The Balaban J connectivity index is 1.69. The minimum atomic E-state index is -0.334. The van der Waals surface area contributed by atoms with Gasteiger partial charge in [0.2, 0.25) is 0 Å². The summed E-state index contributed by atoms with van der Waals surface area (Å²) in [5.41, 5.74) is 4.52. The third-order valence-corrected chi connectivity index (χ3v) is 3.94. The van der Waals surface area contributed by atoms with Crippen LogP contribution < -0.4 is 19.6 Å². The van der Waals surface area contributed by atoms with Gasteiger partial charge < -0.3 is 19.2 Å². The number of hydrogen-bond acceptors (Lipinski definition) is 5. The molecule has 7 heteroatoms. The average Bonchev–Trinajstić information content (AvgIpc) is 3.12. The van der Waals surface area contributed by atoms with Crippen molar-refractivity contribution in [3.05, 3.63) is 53.7 Å². The number of ether oxygens (including phenoxy) is 3. The largest absolute Gasteiger partial charge is 0.497 e. The van der Waals surface area contributed by atoms with E-state index >= 15 is 0 Å². The third-order valence-electron chi connectivity index (χ3n) is 3.94. The molecule has 140 valence electrons. The molecule has 0 atom stereocenters. The van der Waals surface area contributed by atoms with Crippen molar-refractivity contribution in [3.8, 4) is 17.2 Å². The van der Waals surface area contributed by atoms with Crippen molar-refractivity contribution >= 4 is 23.0 Å². The first kappa shape index (κ1) is 18.3. The van der Waals surface area contributed by atoms with Gasteiger partial charge in [0.25, 0.3) is 5.91 Å². The SMILES string of the molecule is CCOc1ccc(/C=N\NC(=O)c2cc3ccc(OC)cc3[nH]2)cc1OC. The van der Waals surface area contributed by atoms with Crippen molar-refractivity contribution in [2.24, 2.45) is 5.10 Å². The average molecular weight is 367 g/mol. The van der Waals surface area contributed by atoms with Crippen LogP contribution in [-0.4, -0.2) is 37.9 Å². The minimum Gasteiger partial charge on any atom is -0.497 e. The van der Waals surface area contributed by atoms with Gasteiger partial charge in [-0.1, -0.05) is 0 Å². The normalized spacial score (nSPS) is 10.9. The van der Waals surface area contributed by atoms with Crippen molar-refractivity contribution in [2.75, 3.05) is 20.8 Å². The molecule has 1 amide bonds. The zero-order valence-electron chi connectivity index (χ0n) is 15.4. The van der Waals surface area contributed by atoms with Crippen LogP contribution in [0.4, 0.5) is 0 Å². The van der Waals surface area contributed by atoms with Gasteiger partial charge in [-0.15, -0.1) is 0 Å². The quantitative estimate of drug-likeness (QED) is 0.495. The molecule has 0 fully saturated rings. The molecule has 0 radical (unpaired) electrons. The lowest BCUT2D eigenvalue weighted by Gasteiger charge is -2.09. The Morgan fingerprint density at radius 2 is 1.96 bits per heavy atom. The Morgan fingerprint density at radius 1 is 1.11 bits per heavy atom. The lowest BCUT2D eigenvalue weighted by atomic mass is 10.2. The number of carbonyl (C=O) groups excluding carboxylic acids is 1. The van der Waals surface area contributed by atoms with Gasteiger partial charge in [0.15, 0.2) is 11.5 Å². The molecular weight excluding hydrogens is 346 g/mol. The Kier molecular flexibility index (Phi) is 5.61. The molecule has 0 spiro atoms. The number of fused-ring (bicyclic) bond motifs is 1. The number of benzene rings is 2. The summed E-state index contributed by atoms with van der Waals surface area (Å²) in [5, 5.41) is 4.93. The van der Waals surface area contributed by atoms with Crippen LogP contribution in [0.2, 0.25) is 0 Å². The number of nitrogens with zero attached hydrogens (tertiary/aromatic N) is 1. The Bertz CT molecular complexity index is 979. The van der Waals surface area contributed by atoms with Crippen LogP contribution in [0.3, 0.4) is 0 Å². The summed E-state index contributed by atoms with van der Waals surface area (Å²) in [5.74, 6) is 1.66. The molecule has 3 aromatic rings. The van der Waals surface area contributed by atoms with Crippen molar-refractivity contribution in [1.82, 2.24) is 10.4 Å². The highest BCUT2D eigenvalue weighted by atomic mass is 16.5. The number of amides is 1. The van der Waals surface area contributed by atoms with Crippen LogP contribution in [0.5, 0.6) is 17.2 Å². The van der Waals surface area contributed by atoms with Gasteiger partial charge in [-0.25, -0.2) is 5.43 Å². The number of aromatic amines is 1. The molecule has 2 N–H and O–H groups in total. The van der Waals surface area contributed by atoms with Crippen LogP contribution in [0, 0.1) is 0 Å². The van der Waals surface area contributed by atoms with E-state index in [-0.39, 0.29) is 5.91 Å². The summed E-state index contributed by atoms with van der Waals surface area (Å²) in [7, 11) is 3.17. The number of nitrogens with one attached hydrogen (secondary N) is 2. The fraction of sp³-hybridized carbons (Fsp3) is 0.200. The summed E-state index contributed by atoms with van der Waals surface area (Å²) in [6, 6.07) is 12.7. The number of H-pyrrole nitrogens is 1. The van der Waals surface area contributed by atoms with Crippen molar-refractivity contribution in [1.29, 1.82) is 0 Å². The highest BCUT2D eigenvalue weighted by Crippen LogP contribution is 2.27. The van der Waals surface area contributed by atoms with E-state index in [1.165, 1.54) is 0 Å². The zero-order chi connectivity index (χ0) is 19.2. The smallest absolute Gasteiger partial charge is 0.287 e. The van der Waals surface area contributed by atoms with Crippen LogP contribution in [-0.2, 0) is 0 Å². The fourth-order valence-corrected chi connectivity index (χ4v) is 2.62. The molecule has 0 bridgehead atoms. The molecule has 3 rings (SSSR count). The summed E-state index contributed by atoms with van der Waals surface area (Å²) in [6.45, 7) is 2.46. The highest BCUT2D eigenvalue weighted by Gasteiger charge is 2.09. The van der Waals surface area contributed by atoms with Crippen LogP contribution >= 0.6 is 0 Å². The van der Waals surface area contributed by atoms with E-state index in [0.29, 0.717) is 23.8 Å². The molecule has 1 heterocycles. The van der Waals surface area contributed by atoms with E-state index in [1.54, 1.807) is 38.6 Å². The van der Waals surface area contributed by atoms with Crippen LogP contribution in [0.1, 0.15) is 23.0 Å². The van der Waals surface area contributed by atoms with E-state index in [4.69, 9.17) is 14.2 Å². The molecule has 1 aromatic heterocycles. The molecule has 0 aliphatic rings. The van der Waals surface area contributed by atoms with Crippen LogP contribution in [0.15, 0.2) is 47.6 Å². The number of carbonyl (C=O) groups is 1. The second-order valence-electron chi connectivity index (χ2n) is 5.68. The molecule has 27 heavy (non-hydrogen) atoms. The van der Waals surface area contributed by atoms with E-state index < -0.39 is 0 Å². The fourth-order valence-electron chi connectivity index (χ4n) is 2.62. The first-order valence-corrected chi connectivity index (χ1v) is 8.45. The van der Waals surface area contributed by atoms with Gasteiger partial charge in [-0.05, 0) is 48.9 Å². The molecule has 0 unspecified atom stereocenters. The Labute approximate surface area is 156 Å². The third kappa shape index (κ3) is 4.20. The van der Waals surface area contributed by atoms with Gasteiger partial charge in [-0.2, -0.15) is 5.10 Å². The van der Waals surface area contributed by atoms with Gasteiger partial charge in [0.1, 0.15) is 11.4 Å². The maximum atomic E-state index is 12.3. The molecule has 0 saturated heterocycles. The van der Waals surface area contributed by atoms with E-state index in [2.05, 4.69) is 15.5 Å². The second-order valence-corrected chi connectivity index (χ2v) is 5.68. The van der Waals surface area contributed by atoms with Crippen molar-refractivity contribution in [2.45, 2.75) is 6.92 Å². The molecule has 0 aliphatic carbocycles. The standard InChI is InChI=1S/C20H21N3O4/c1-4-27-18-8-5-13(9-19(18)26-3)12-21-23-20(24)17-10-14-6-7-15(25-2)11-16(14)22-17/h5-12,22H,4H2,1-3H3,(H,23,24)/b21-12-. The van der Waals surface area contributed by atoms with Crippen molar-refractivity contribution < 1.29 is 19.0 Å². The van der Waals surface area contributed by atoms with E-state index in [0.717, 1.165) is 22.2 Å². The summed E-state index contributed by atoms with van der Waals surface area (Å²) in [6.07, 6.45) is 1.54. The molecular formula is C20H21N3O4. The molecule has 0 aliphatic heterocycles. The van der Waals surface area contributed by atoms with Crippen LogP contribution in [0.25, 0.3) is 10.9 Å². The number of hydrogen-bond donors (Lipinski definition) is 2. The minimum absolute atomic E-state index is 0.334. The first-order valence-electron chi connectivity index (χ1n) is 8.45.